The van der Waals surface area contributed by atoms with E-state index in [4.69, 9.17) is 13.8 Å². The molecule has 1 rings (SSSR count). The van der Waals surface area contributed by atoms with Crippen LogP contribution in [0.5, 0.6) is 0 Å². The number of quaternary nitrogens is 1. The van der Waals surface area contributed by atoms with E-state index in [1.54, 1.807) is 26.0 Å². The fourth-order valence-corrected chi connectivity index (χ4v) is 5.68. The maximum Gasteiger partial charge on any atom is 0.472 e. The van der Waals surface area contributed by atoms with Crippen LogP contribution in [0.25, 0.3) is 0 Å². The molecule has 1 amide bonds. The molecule has 1 aliphatic rings. The van der Waals surface area contributed by atoms with Crippen molar-refractivity contribution in [1.82, 2.24) is 4.90 Å². The predicted octanol–water partition coefficient (Wildman–Crippen LogP) is 7.25. The van der Waals surface area contributed by atoms with E-state index in [0.717, 1.165) is 25.7 Å². The molecule has 1 aliphatic heterocycles. The molecule has 1 fully saturated rings. The van der Waals surface area contributed by atoms with Gasteiger partial charge < -0.3 is 24.1 Å². The first kappa shape index (κ1) is 37.3. The SMILES string of the molecule is CCCCCCCCCCCCCCCCCCOC(=O)N1CCCC(COP(=O)(O)OCC(O)[N+](C)(C)C)C1. The van der Waals surface area contributed by atoms with Crippen LogP contribution >= 0.6 is 7.82 Å². The number of amides is 1. The number of carbonyl (C=O) groups excluding carboxylic acids is 1. The molecule has 0 bridgehead atoms. The number of carbonyl (C=O) groups is 1. The van der Waals surface area contributed by atoms with Gasteiger partial charge in [0.05, 0.1) is 34.4 Å². The van der Waals surface area contributed by atoms with Gasteiger partial charge in [-0.15, -0.1) is 0 Å². The maximum atomic E-state index is 12.5. The Morgan fingerprint density at radius 2 is 1.38 bits per heavy atom. The fraction of sp³-hybridized carbons (Fsp3) is 0.967. The molecule has 0 aliphatic carbocycles. The van der Waals surface area contributed by atoms with Crippen LogP contribution in [0.15, 0.2) is 0 Å². The summed E-state index contributed by atoms with van der Waals surface area (Å²) in [6.45, 7) is 3.46. The lowest BCUT2D eigenvalue weighted by Crippen LogP contribution is -2.47. The molecule has 0 saturated carbocycles. The number of phosphoric acid groups is 1. The van der Waals surface area contributed by atoms with E-state index < -0.39 is 14.1 Å². The van der Waals surface area contributed by atoms with Gasteiger partial charge in [-0.2, -0.15) is 0 Å². The first-order valence-corrected chi connectivity index (χ1v) is 17.6. The lowest BCUT2D eigenvalue weighted by atomic mass is 10.00. The largest absolute Gasteiger partial charge is 0.472 e. The van der Waals surface area contributed by atoms with Crippen LogP contribution in [0.3, 0.4) is 0 Å². The summed E-state index contributed by atoms with van der Waals surface area (Å²) in [7, 11) is 0.993. The monoisotopic (exact) mass is 593 g/mol. The second kappa shape index (κ2) is 21.9. The van der Waals surface area contributed by atoms with Gasteiger partial charge in [-0.1, -0.05) is 103 Å². The summed E-state index contributed by atoms with van der Waals surface area (Å²) in [5.74, 6) is -0.0655. The minimum Gasteiger partial charge on any atom is -0.449 e. The highest BCUT2D eigenvalue weighted by Gasteiger charge is 2.31. The number of ether oxygens (including phenoxy) is 1. The van der Waals surface area contributed by atoms with Crippen LogP contribution in [0, 0.1) is 5.92 Å². The average Bonchev–Trinajstić information content (AvgIpc) is 2.92. The third-order valence-electron chi connectivity index (χ3n) is 7.75. The van der Waals surface area contributed by atoms with Crippen LogP contribution in [0.4, 0.5) is 4.79 Å². The molecule has 3 atom stereocenters. The van der Waals surface area contributed by atoms with Crippen molar-refractivity contribution in [3.05, 3.63) is 0 Å². The van der Waals surface area contributed by atoms with Gasteiger partial charge in [0.1, 0.15) is 6.61 Å². The van der Waals surface area contributed by atoms with Crippen molar-refractivity contribution in [2.75, 3.05) is 54.1 Å². The van der Waals surface area contributed by atoms with Crippen molar-refractivity contribution in [2.45, 2.75) is 129 Å². The summed E-state index contributed by atoms with van der Waals surface area (Å²) in [5, 5.41) is 9.98. The van der Waals surface area contributed by atoms with E-state index in [-0.39, 0.29) is 29.7 Å². The number of phosphoric ester groups is 1. The Hall–Kier alpha value is -0.700. The average molecular weight is 594 g/mol. The first-order valence-electron chi connectivity index (χ1n) is 16.1. The molecule has 238 valence electrons. The van der Waals surface area contributed by atoms with E-state index in [0.29, 0.717) is 19.7 Å². The number of nitrogens with zero attached hydrogens (tertiary/aromatic N) is 2. The second-order valence-electron chi connectivity index (χ2n) is 12.5. The Balaban J connectivity index is 2.02. The summed E-state index contributed by atoms with van der Waals surface area (Å²) in [6, 6.07) is 0. The molecule has 0 aromatic heterocycles. The smallest absolute Gasteiger partial charge is 0.449 e. The van der Waals surface area contributed by atoms with E-state index in [2.05, 4.69) is 6.92 Å². The molecule has 0 aromatic carbocycles. The zero-order chi connectivity index (χ0) is 29.7. The Kier molecular flexibility index (Phi) is 20.5. The third kappa shape index (κ3) is 19.4. The van der Waals surface area contributed by atoms with E-state index in [9.17, 15) is 19.4 Å². The normalized spacial score (nSPS) is 18.4. The number of rotatable bonds is 24. The Labute approximate surface area is 245 Å². The zero-order valence-corrected chi connectivity index (χ0v) is 27.1. The van der Waals surface area contributed by atoms with Crippen LogP contribution < -0.4 is 0 Å². The summed E-state index contributed by atoms with van der Waals surface area (Å²) in [5.41, 5.74) is 0. The van der Waals surface area contributed by atoms with Crippen molar-refractivity contribution in [1.29, 1.82) is 0 Å². The summed E-state index contributed by atoms with van der Waals surface area (Å²) in [4.78, 5) is 24.1. The first-order chi connectivity index (χ1) is 19.0. The van der Waals surface area contributed by atoms with Crippen molar-refractivity contribution >= 4 is 13.9 Å². The van der Waals surface area contributed by atoms with Gasteiger partial charge in [0.2, 0.25) is 6.23 Å². The van der Waals surface area contributed by atoms with E-state index >= 15 is 0 Å². The minimum atomic E-state index is -4.28. The predicted molar refractivity (Wildman–Crippen MR) is 161 cm³/mol. The topological polar surface area (TPSA) is 106 Å². The number of piperidine rings is 1. The standard InChI is InChI=1S/C30H61N2O7P/c1-5-6-7-8-9-10-11-12-13-14-15-16-17-18-19-20-24-37-30(34)31-23-21-22-28(25-31)26-38-40(35,36)39-27-29(33)32(2,3)4/h28-29,33H,5-27H2,1-4H3/p+1. The lowest BCUT2D eigenvalue weighted by molar-refractivity contribution is -0.918. The molecule has 1 heterocycles. The molecule has 10 heteroatoms. The molecule has 9 nitrogen and oxygen atoms in total. The Morgan fingerprint density at radius 3 is 1.88 bits per heavy atom. The van der Waals surface area contributed by atoms with Gasteiger partial charge in [0.15, 0.2) is 0 Å². The van der Waals surface area contributed by atoms with Crippen LogP contribution in [-0.4, -0.2) is 85.8 Å². The fourth-order valence-electron chi connectivity index (χ4n) is 4.89. The minimum absolute atomic E-state index is 0.0111. The number of unbranched alkanes of at least 4 members (excludes halogenated alkanes) is 15. The molecule has 0 aromatic rings. The van der Waals surface area contributed by atoms with Gasteiger partial charge in [0.25, 0.3) is 0 Å². The number of hydrogen-bond acceptors (Lipinski definition) is 6. The third-order valence-corrected chi connectivity index (χ3v) is 8.71. The van der Waals surface area contributed by atoms with Crippen molar-refractivity contribution in [3.8, 4) is 0 Å². The van der Waals surface area contributed by atoms with Gasteiger partial charge in [-0.3, -0.25) is 9.05 Å². The van der Waals surface area contributed by atoms with Crippen LogP contribution in [-0.2, 0) is 18.3 Å². The van der Waals surface area contributed by atoms with Crippen LogP contribution in [0.2, 0.25) is 0 Å². The number of aliphatic hydroxyl groups is 1. The highest BCUT2D eigenvalue weighted by atomic mass is 31.2. The highest BCUT2D eigenvalue weighted by Crippen LogP contribution is 2.44. The van der Waals surface area contributed by atoms with Crippen molar-refractivity contribution in [3.63, 3.8) is 0 Å². The van der Waals surface area contributed by atoms with Gasteiger partial charge in [0, 0.05) is 19.0 Å². The molecule has 0 radical (unpaired) electrons. The molecule has 0 spiro atoms. The van der Waals surface area contributed by atoms with Gasteiger partial charge in [-0.05, 0) is 19.3 Å². The van der Waals surface area contributed by atoms with E-state index in [1.807, 2.05) is 0 Å². The van der Waals surface area contributed by atoms with Crippen molar-refractivity contribution in [2.24, 2.45) is 5.92 Å². The Bertz CT molecular complexity index is 689. The Morgan fingerprint density at radius 1 is 0.875 bits per heavy atom. The number of aliphatic hydroxyl groups excluding tert-OH is 1. The van der Waals surface area contributed by atoms with Crippen LogP contribution in [0.1, 0.15) is 122 Å². The summed E-state index contributed by atoms with van der Waals surface area (Å²) >= 11 is 0. The second-order valence-corrected chi connectivity index (χ2v) is 14.0. The quantitative estimate of drug-likeness (QED) is 0.0525. The molecule has 2 N–H and O–H groups in total. The lowest BCUT2D eigenvalue weighted by Gasteiger charge is -2.32. The van der Waals surface area contributed by atoms with Gasteiger partial charge >= 0.3 is 13.9 Å². The molecule has 1 saturated heterocycles. The van der Waals surface area contributed by atoms with Crippen molar-refractivity contribution < 1.29 is 37.6 Å². The molecular weight excluding hydrogens is 531 g/mol. The molecule has 40 heavy (non-hydrogen) atoms. The highest BCUT2D eigenvalue weighted by molar-refractivity contribution is 7.47. The number of likely N-dealkylation sites (tertiary alicyclic amines) is 1. The van der Waals surface area contributed by atoms with Gasteiger partial charge in [-0.25, -0.2) is 9.36 Å². The zero-order valence-electron chi connectivity index (χ0n) is 26.2. The maximum absolute atomic E-state index is 12.5. The molecule has 3 unspecified atom stereocenters. The van der Waals surface area contributed by atoms with E-state index in [1.165, 1.54) is 89.9 Å². The number of hydrogen-bond donors (Lipinski definition) is 2. The summed E-state index contributed by atoms with van der Waals surface area (Å²) < 4.78 is 27.9. The molecular formula is C30H62N2O7P+. The summed E-state index contributed by atoms with van der Waals surface area (Å²) in [6.07, 6.45) is 21.3. The number of likely N-dealkylation sites (N-methyl/N-ethyl adjacent to an activating group) is 1.